The minimum absolute atomic E-state index is 0.348. The van der Waals surface area contributed by atoms with Gasteiger partial charge in [-0.3, -0.25) is 0 Å². The first-order valence-electron chi connectivity index (χ1n) is 6.86. The molecule has 2 heterocycles. The van der Waals surface area contributed by atoms with Crippen molar-refractivity contribution in [1.29, 1.82) is 0 Å². The number of esters is 1. The standard InChI is InChI=1S/C14H21N3O2/c1-3-11-6-5-7-17(11)13-12(14(18)19-4-2)8-10(15)9-16-13/h8-9,11H,3-7,15H2,1-2H3. The minimum Gasteiger partial charge on any atom is -0.462 e. The van der Waals surface area contributed by atoms with Gasteiger partial charge in [-0.1, -0.05) is 6.92 Å². The smallest absolute Gasteiger partial charge is 0.341 e. The number of nitrogen functional groups attached to an aromatic ring is 1. The van der Waals surface area contributed by atoms with Crippen LogP contribution >= 0.6 is 0 Å². The first-order valence-corrected chi connectivity index (χ1v) is 6.86. The maximum atomic E-state index is 12.0. The lowest BCUT2D eigenvalue weighted by Crippen LogP contribution is -2.31. The molecule has 1 atom stereocenters. The van der Waals surface area contributed by atoms with Crippen molar-refractivity contribution >= 4 is 17.5 Å². The zero-order valence-corrected chi connectivity index (χ0v) is 11.6. The van der Waals surface area contributed by atoms with Gasteiger partial charge < -0.3 is 15.4 Å². The lowest BCUT2D eigenvalue weighted by molar-refractivity contribution is 0.0526. The molecule has 1 aliphatic rings. The van der Waals surface area contributed by atoms with Crippen LogP contribution in [0.25, 0.3) is 0 Å². The lowest BCUT2D eigenvalue weighted by atomic mass is 10.1. The second-order valence-corrected chi connectivity index (χ2v) is 4.76. The number of hydrogen-bond acceptors (Lipinski definition) is 5. The zero-order valence-electron chi connectivity index (χ0n) is 11.6. The molecule has 104 valence electrons. The summed E-state index contributed by atoms with van der Waals surface area (Å²) in [7, 11) is 0. The van der Waals surface area contributed by atoms with Crippen LogP contribution in [0.2, 0.25) is 0 Å². The highest BCUT2D eigenvalue weighted by Crippen LogP contribution is 2.29. The van der Waals surface area contributed by atoms with Crippen molar-refractivity contribution in [2.75, 3.05) is 23.8 Å². The van der Waals surface area contributed by atoms with Crippen LogP contribution < -0.4 is 10.6 Å². The maximum Gasteiger partial charge on any atom is 0.341 e. The van der Waals surface area contributed by atoms with Crippen molar-refractivity contribution < 1.29 is 9.53 Å². The van der Waals surface area contributed by atoms with Gasteiger partial charge in [-0.2, -0.15) is 0 Å². The second kappa shape index (κ2) is 5.91. The van der Waals surface area contributed by atoms with Crippen LogP contribution in [-0.2, 0) is 4.74 Å². The molecular formula is C14H21N3O2. The first kappa shape index (κ1) is 13.6. The monoisotopic (exact) mass is 263 g/mol. The van der Waals surface area contributed by atoms with Gasteiger partial charge in [0, 0.05) is 12.6 Å². The van der Waals surface area contributed by atoms with Gasteiger partial charge in [-0.15, -0.1) is 0 Å². The highest BCUT2D eigenvalue weighted by atomic mass is 16.5. The number of rotatable bonds is 4. The van der Waals surface area contributed by atoms with E-state index in [1.54, 1.807) is 19.2 Å². The van der Waals surface area contributed by atoms with Gasteiger partial charge in [0.25, 0.3) is 0 Å². The van der Waals surface area contributed by atoms with E-state index in [-0.39, 0.29) is 5.97 Å². The van der Waals surface area contributed by atoms with Crippen LogP contribution in [0.1, 0.15) is 43.5 Å². The molecule has 0 aromatic carbocycles. The van der Waals surface area contributed by atoms with E-state index >= 15 is 0 Å². The number of nitrogens with zero attached hydrogens (tertiary/aromatic N) is 2. The number of pyridine rings is 1. The molecule has 0 aliphatic carbocycles. The average Bonchev–Trinajstić information content (AvgIpc) is 2.87. The molecule has 0 spiro atoms. The van der Waals surface area contributed by atoms with Gasteiger partial charge in [-0.05, 0) is 32.3 Å². The van der Waals surface area contributed by atoms with Gasteiger partial charge in [0.05, 0.1) is 18.5 Å². The van der Waals surface area contributed by atoms with E-state index in [0.717, 1.165) is 25.8 Å². The summed E-state index contributed by atoms with van der Waals surface area (Å²) in [6, 6.07) is 2.11. The normalized spacial score (nSPS) is 18.6. The van der Waals surface area contributed by atoms with Gasteiger partial charge in [0.2, 0.25) is 0 Å². The molecule has 2 N–H and O–H groups in total. The molecule has 1 aromatic rings. The Morgan fingerprint density at radius 2 is 2.37 bits per heavy atom. The Labute approximate surface area is 113 Å². The van der Waals surface area contributed by atoms with Gasteiger partial charge in [-0.25, -0.2) is 9.78 Å². The van der Waals surface area contributed by atoms with E-state index in [1.807, 2.05) is 0 Å². The molecule has 2 rings (SSSR count). The van der Waals surface area contributed by atoms with Gasteiger partial charge >= 0.3 is 5.97 Å². The number of nitrogens with two attached hydrogens (primary N) is 1. The molecule has 0 radical (unpaired) electrons. The molecule has 0 bridgehead atoms. The van der Waals surface area contributed by atoms with E-state index < -0.39 is 0 Å². The number of anilines is 2. The summed E-state index contributed by atoms with van der Waals surface area (Å²) in [5.41, 5.74) is 6.70. The summed E-state index contributed by atoms with van der Waals surface area (Å²) in [6.07, 6.45) is 4.93. The number of hydrogen-bond donors (Lipinski definition) is 1. The third-order valence-electron chi connectivity index (χ3n) is 3.50. The van der Waals surface area contributed by atoms with Crippen LogP contribution in [0.4, 0.5) is 11.5 Å². The highest BCUT2D eigenvalue weighted by molar-refractivity contribution is 5.95. The molecule has 5 nitrogen and oxygen atoms in total. The van der Waals surface area contributed by atoms with Crippen molar-refractivity contribution in [1.82, 2.24) is 4.98 Å². The van der Waals surface area contributed by atoms with Crippen molar-refractivity contribution in [3.8, 4) is 0 Å². The van der Waals surface area contributed by atoms with Crippen LogP contribution in [0.15, 0.2) is 12.3 Å². The summed E-state index contributed by atoms with van der Waals surface area (Å²) >= 11 is 0. The molecule has 1 aromatic heterocycles. The molecule has 1 unspecified atom stereocenters. The Morgan fingerprint density at radius 1 is 1.58 bits per heavy atom. The predicted octanol–water partition coefficient (Wildman–Crippen LogP) is 2.22. The zero-order chi connectivity index (χ0) is 13.8. The van der Waals surface area contributed by atoms with E-state index in [4.69, 9.17) is 10.5 Å². The lowest BCUT2D eigenvalue weighted by Gasteiger charge is -2.26. The van der Waals surface area contributed by atoms with E-state index in [0.29, 0.717) is 29.7 Å². The van der Waals surface area contributed by atoms with Crippen molar-refractivity contribution in [3.63, 3.8) is 0 Å². The third kappa shape index (κ3) is 2.80. The fourth-order valence-corrected chi connectivity index (χ4v) is 2.60. The maximum absolute atomic E-state index is 12.0. The van der Waals surface area contributed by atoms with Crippen molar-refractivity contribution in [2.45, 2.75) is 39.2 Å². The SMILES string of the molecule is CCOC(=O)c1cc(N)cnc1N1CCCC1CC. The summed E-state index contributed by atoms with van der Waals surface area (Å²) < 4.78 is 5.09. The predicted molar refractivity (Wildman–Crippen MR) is 75.3 cm³/mol. The number of aromatic nitrogens is 1. The molecule has 1 fully saturated rings. The second-order valence-electron chi connectivity index (χ2n) is 4.76. The summed E-state index contributed by atoms with van der Waals surface area (Å²) in [6.45, 7) is 5.23. The Kier molecular flexibility index (Phi) is 4.24. The molecule has 0 saturated carbocycles. The Morgan fingerprint density at radius 3 is 3.05 bits per heavy atom. The molecule has 0 amide bonds. The van der Waals surface area contributed by atoms with Crippen LogP contribution in [0.3, 0.4) is 0 Å². The molecule has 5 heteroatoms. The number of carbonyl (C=O) groups excluding carboxylic acids is 1. The number of ether oxygens (including phenoxy) is 1. The van der Waals surface area contributed by atoms with E-state index in [2.05, 4.69) is 16.8 Å². The summed E-state index contributed by atoms with van der Waals surface area (Å²) in [5, 5.41) is 0. The van der Waals surface area contributed by atoms with Gasteiger partial charge in [0.1, 0.15) is 11.4 Å². The number of carbonyl (C=O) groups is 1. The Hall–Kier alpha value is -1.78. The van der Waals surface area contributed by atoms with E-state index in [1.165, 1.54) is 0 Å². The van der Waals surface area contributed by atoms with Crippen LogP contribution in [-0.4, -0.2) is 30.1 Å². The Balaban J connectivity index is 2.36. The topological polar surface area (TPSA) is 68.5 Å². The fourth-order valence-electron chi connectivity index (χ4n) is 2.60. The average molecular weight is 263 g/mol. The highest BCUT2D eigenvalue weighted by Gasteiger charge is 2.28. The quantitative estimate of drug-likeness (QED) is 0.844. The van der Waals surface area contributed by atoms with Crippen LogP contribution in [0, 0.1) is 0 Å². The molecule has 1 saturated heterocycles. The largest absolute Gasteiger partial charge is 0.462 e. The van der Waals surface area contributed by atoms with E-state index in [9.17, 15) is 4.79 Å². The molecular weight excluding hydrogens is 242 g/mol. The fraction of sp³-hybridized carbons (Fsp3) is 0.571. The Bertz CT molecular complexity index is 462. The summed E-state index contributed by atoms with van der Waals surface area (Å²) in [4.78, 5) is 18.6. The molecule has 19 heavy (non-hydrogen) atoms. The van der Waals surface area contributed by atoms with Crippen molar-refractivity contribution in [3.05, 3.63) is 17.8 Å². The molecule has 1 aliphatic heterocycles. The van der Waals surface area contributed by atoms with Crippen molar-refractivity contribution in [2.24, 2.45) is 0 Å². The third-order valence-corrected chi connectivity index (χ3v) is 3.50. The minimum atomic E-state index is -0.348. The van der Waals surface area contributed by atoms with Gasteiger partial charge in [0.15, 0.2) is 0 Å². The summed E-state index contributed by atoms with van der Waals surface area (Å²) in [5.74, 6) is 0.357. The first-order chi connectivity index (χ1) is 9.17. The van der Waals surface area contributed by atoms with Crippen LogP contribution in [0.5, 0.6) is 0 Å².